The number of aromatic nitrogens is 1. The number of hydrogen-bond donors (Lipinski definition) is 2. The highest BCUT2D eigenvalue weighted by molar-refractivity contribution is 5.79. The van der Waals surface area contributed by atoms with Gasteiger partial charge in [0, 0.05) is 12.1 Å². The van der Waals surface area contributed by atoms with E-state index in [0.29, 0.717) is 23.8 Å². The fraction of sp³-hybridized carbons (Fsp3) is 0.615. The van der Waals surface area contributed by atoms with E-state index in [1.807, 2.05) is 13.8 Å². The number of nitrogens with one attached hydrogen (secondary N) is 1. The molecule has 1 aromatic heterocycles. The molecule has 1 aromatic rings. The minimum Gasteiger partial charge on any atom is -0.481 e. The van der Waals surface area contributed by atoms with Gasteiger partial charge in [-0.3, -0.25) is 9.59 Å². The molecule has 0 aliphatic rings. The van der Waals surface area contributed by atoms with E-state index in [2.05, 4.69) is 10.5 Å². The summed E-state index contributed by atoms with van der Waals surface area (Å²) in [6.07, 6.45) is 0.641. The molecule has 2 N–H and O–H groups in total. The van der Waals surface area contributed by atoms with Crippen molar-refractivity contribution in [3.8, 4) is 0 Å². The third kappa shape index (κ3) is 6.03. The second-order valence-electron chi connectivity index (χ2n) is 5.10. The van der Waals surface area contributed by atoms with Crippen LogP contribution in [0.1, 0.15) is 38.1 Å². The second kappa shape index (κ2) is 6.92. The first-order chi connectivity index (χ1) is 8.86. The standard InChI is InChI=1S/C13H20N2O4/c1-8(2)4-10(6-13(17)18)14-12(16)7-11-5-9(3)15-19-11/h5,8,10H,4,6-7H2,1-3H3,(H,14,16)(H,17,18)/t10-/m1/s1. The first-order valence-electron chi connectivity index (χ1n) is 6.30. The predicted molar refractivity (Wildman–Crippen MR) is 68.6 cm³/mol. The summed E-state index contributed by atoms with van der Waals surface area (Å²) in [6, 6.07) is 1.34. The summed E-state index contributed by atoms with van der Waals surface area (Å²) in [7, 11) is 0. The third-order valence-corrected chi connectivity index (χ3v) is 2.55. The van der Waals surface area contributed by atoms with Crippen LogP contribution in [0, 0.1) is 12.8 Å². The summed E-state index contributed by atoms with van der Waals surface area (Å²) in [4.78, 5) is 22.6. The van der Waals surface area contributed by atoms with E-state index >= 15 is 0 Å². The smallest absolute Gasteiger partial charge is 0.305 e. The van der Waals surface area contributed by atoms with Crippen molar-refractivity contribution >= 4 is 11.9 Å². The lowest BCUT2D eigenvalue weighted by atomic mass is 10.0. The number of amides is 1. The molecule has 1 atom stereocenters. The van der Waals surface area contributed by atoms with E-state index in [1.54, 1.807) is 13.0 Å². The van der Waals surface area contributed by atoms with Crippen LogP contribution in [0.5, 0.6) is 0 Å². The number of hydrogen-bond acceptors (Lipinski definition) is 4. The van der Waals surface area contributed by atoms with Gasteiger partial charge in [-0.05, 0) is 19.3 Å². The number of aryl methyl sites for hydroxylation is 1. The topological polar surface area (TPSA) is 92.4 Å². The largest absolute Gasteiger partial charge is 0.481 e. The van der Waals surface area contributed by atoms with Gasteiger partial charge in [0.1, 0.15) is 5.76 Å². The zero-order chi connectivity index (χ0) is 14.4. The Kier molecular flexibility index (Phi) is 5.54. The molecule has 106 valence electrons. The molecule has 19 heavy (non-hydrogen) atoms. The average Bonchev–Trinajstić information content (AvgIpc) is 2.61. The predicted octanol–water partition coefficient (Wildman–Crippen LogP) is 1.53. The summed E-state index contributed by atoms with van der Waals surface area (Å²) in [5.41, 5.74) is 0.715. The van der Waals surface area contributed by atoms with Crippen molar-refractivity contribution in [2.45, 2.75) is 46.1 Å². The Balaban J connectivity index is 2.52. The van der Waals surface area contributed by atoms with E-state index in [9.17, 15) is 9.59 Å². The maximum atomic E-state index is 11.8. The molecule has 1 heterocycles. The van der Waals surface area contributed by atoms with Crippen molar-refractivity contribution in [2.24, 2.45) is 5.92 Å². The van der Waals surface area contributed by atoms with Gasteiger partial charge in [-0.1, -0.05) is 19.0 Å². The first-order valence-corrected chi connectivity index (χ1v) is 6.30. The zero-order valence-corrected chi connectivity index (χ0v) is 11.5. The van der Waals surface area contributed by atoms with E-state index < -0.39 is 5.97 Å². The number of carboxylic acid groups (broad SMARTS) is 1. The van der Waals surface area contributed by atoms with Gasteiger partial charge in [0.05, 0.1) is 18.5 Å². The SMILES string of the molecule is Cc1cc(CC(=O)N[C@@H](CC(=O)O)CC(C)C)on1. The van der Waals surface area contributed by atoms with Crippen molar-refractivity contribution in [2.75, 3.05) is 0 Å². The molecule has 0 aromatic carbocycles. The van der Waals surface area contributed by atoms with Crippen molar-refractivity contribution in [3.05, 3.63) is 17.5 Å². The molecule has 0 unspecified atom stereocenters. The molecule has 1 amide bonds. The summed E-state index contributed by atoms with van der Waals surface area (Å²) in [5, 5.41) is 15.2. The summed E-state index contributed by atoms with van der Waals surface area (Å²) >= 11 is 0. The fourth-order valence-corrected chi connectivity index (χ4v) is 1.91. The number of nitrogens with zero attached hydrogens (tertiary/aromatic N) is 1. The molecule has 0 radical (unpaired) electrons. The van der Waals surface area contributed by atoms with Crippen molar-refractivity contribution < 1.29 is 19.2 Å². The van der Waals surface area contributed by atoms with Crippen molar-refractivity contribution in [3.63, 3.8) is 0 Å². The lowest BCUT2D eigenvalue weighted by molar-refractivity contribution is -0.137. The van der Waals surface area contributed by atoms with Crippen LogP contribution >= 0.6 is 0 Å². The molecular formula is C13H20N2O4. The van der Waals surface area contributed by atoms with Crippen LogP contribution in [-0.4, -0.2) is 28.2 Å². The molecule has 0 aliphatic carbocycles. The number of carboxylic acids is 1. The zero-order valence-electron chi connectivity index (χ0n) is 11.5. The molecule has 0 fully saturated rings. The minimum atomic E-state index is -0.915. The lowest BCUT2D eigenvalue weighted by Crippen LogP contribution is -2.38. The highest BCUT2D eigenvalue weighted by atomic mass is 16.5. The second-order valence-corrected chi connectivity index (χ2v) is 5.10. The Morgan fingerprint density at radius 1 is 1.47 bits per heavy atom. The van der Waals surface area contributed by atoms with Crippen LogP contribution in [-0.2, 0) is 16.0 Å². The molecule has 6 nitrogen and oxygen atoms in total. The summed E-state index contributed by atoms with van der Waals surface area (Å²) in [6.45, 7) is 5.75. The Morgan fingerprint density at radius 2 is 2.16 bits per heavy atom. The number of carbonyl (C=O) groups excluding carboxylic acids is 1. The maximum absolute atomic E-state index is 11.8. The number of carbonyl (C=O) groups is 2. The fourth-order valence-electron chi connectivity index (χ4n) is 1.91. The van der Waals surface area contributed by atoms with Crippen molar-refractivity contribution in [1.82, 2.24) is 10.5 Å². The normalized spacial score (nSPS) is 12.4. The van der Waals surface area contributed by atoms with Crippen LogP contribution in [0.2, 0.25) is 0 Å². The lowest BCUT2D eigenvalue weighted by Gasteiger charge is -2.18. The molecule has 0 saturated carbocycles. The van der Waals surface area contributed by atoms with Crippen LogP contribution in [0.4, 0.5) is 0 Å². The molecule has 0 spiro atoms. The summed E-state index contributed by atoms with van der Waals surface area (Å²) < 4.78 is 4.95. The van der Waals surface area contributed by atoms with Crippen LogP contribution in [0.15, 0.2) is 10.6 Å². The molecule has 1 rings (SSSR count). The quantitative estimate of drug-likeness (QED) is 0.782. The molecule has 0 saturated heterocycles. The van der Waals surface area contributed by atoms with E-state index in [-0.39, 0.29) is 24.8 Å². The highest BCUT2D eigenvalue weighted by Gasteiger charge is 2.18. The van der Waals surface area contributed by atoms with Gasteiger partial charge in [-0.2, -0.15) is 0 Å². The molecule has 0 aliphatic heterocycles. The van der Waals surface area contributed by atoms with Crippen molar-refractivity contribution in [1.29, 1.82) is 0 Å². The Labute approximate surface area is 112 Å². The Morgan fingerprint density at radius 3 is 2.63 bits per heavy atom. The van der Waals surface area contributed by atoms with Crippen LogP contribution in [0.3, 0.4) is 0 Å². The Hall–Kier alpha value is -1.85. The van der Waals surface area contributed by atoms with E-state index in [0.717, 1.165) is 0 Å². The van der Waals surface area contributed by atoms with E-state index in [1.165, 1.54) is 0 Å². The van der Waals surface area contributed by atoms with Gasteiger partial charge >= 0.3 is 5.97 Å². The number of rotatable bonds is 7. The number of aliphatic carboxylic acids is 1. The van der Waals surface area contributed by atoms with Gasteiger partial charge in [-0.25, -0.2) is 0 Å². The first kappa shape index (κ1) is 15.2. The average molecular weight is 268 g/mol. The van der Waals surface area contributed by atoms with Gasteiger partial charge in [0.25, 0.3) is 0 Å². The van der Waals surface area contributed by atoms with Crippen LogP contribution in [0.25, 0.3) is 0 Å². The monoisotopic (exact) mass is 268 g/mol. The van der Waals surface area contributed by atoms with E-state index in [4.69, 9.17) is 9.63 Å². The van der Waals surface area contributed by atoms with Crippen LogP contribution < -0.4 is 5.32 Å². The van der Waals surface area contributed by atoms with Gasteiger partial charge < -0.3 is 14.9 Å². The molecular weight excluding hydrogens is 248 g/mol. The van der Waals surface area contributed by atoms with Gasteiger partial charge in [-0.15, -0.1) is 0 Å². The third-order valence-electron chi connectivity index (χ3n) is 2.55. The van der Waals surface area contributed by atoms with Gasteiger partial charge in [0.2, 0.25) is 5.91 Å². The maximum Gasteiger partial charge on any atom is 0.305 e. The highest BCUT2D eigenvalue weighted by Crippen LogP contribution is 2.09. The summed E-state index contributed by atoms with van der Waals surface area (Å²) in [5.74, 6) is -0.365. The molecule has 0 bridgehead atoms. The Bertz CT molecular complexity index is 440. The minimum absolute atomic E-state index is 0.0701. The van der Waals surface area contributed by atoms with Gasteiger partial charge in [0.15, 0.2) is 0 Å². The molecule has 6 heteroatoms.